The van der Waals surface area contributed by atoms with Gasteiger partial charge in [0.05, 0.1) is 11.0 Å². The lowest BCUT2D eigenvalue weighted by Gasteiger charge is -2.26. The molecule has 0 bridgehead atoms. The second kappa shape index (κ2) is 11.9. The molecule has 0 unspecified atom stereocenters. The Morgan fingerprint density at radius 3 is 1.65 bits per heavy atom. The summed E-state index contributed by atoms with van der Waals surface area (Å²) in [5, 5.41) is 4.74. The molecule has 0 atom stereocenters. The minimum absolute atomic E-state index is 0.884. The largest absolute Gasteiger partial charge is 0.456 e. The third kappa shape index (κ3) is 4.98. The van der Waals surface area contributed by atoms with Crippen LogP contribution in [-0.2, 0) is 0 Å². The molecule has 0 aliphatic heterocycles. The first-order valence-electron chi connectivity index (χ1n) is 17.3. The fraction of sp³-hybridized carbons (Fsp3) is 0. The predicted molar refractivity (Wildman–Crippen MR) is 214 cm³/mol. The van der Waals surface area contributed by atoms with Gasteiger partial charge in [0, 0.05) is 44.3 Å². The molecule has 0 fully saturated rings. The molecule has 10 rings (SSSR count). The van der Waals surface area contributed by atoms with Gasteiger partial charge in [0.2, 0.25) is 0 Å². The number of nitrogens with zero attached hydrogens (tertiary/aromatic N) is 2. The van der Waals surface area contributed by atoms with Crippen molar-refractivity contribution in [1.29, 1.82) is 0 Å². The quantitative estimate of drug-likeness (QED) is 0.178. The van der Waals surface area contributed by atoms with Crippen molar-refractivity contribution < 1.29 is 4.42 Å². The summed E-state index contributed by atoms with van der Waals surface area (Å²) in [5.74, 6) is 0. The van der Waals surface area contributed by atoms with Gasteiger partial charge in [-0.2, -0.15) is 0 Å². The standard InChI is InChI=1S/C48H32N2O/c1-2-12-33(13-3-1)34-24-26-37(27-25-34)49(40-28-29-48-44(32-40)43-20-6-9-23-47(43)51-48)38-16-10-14-35(30-38)36-15-11-17-39(31-36)50-45-21-7-4-18-41(45)42-19-5-8-22-46(42)50/h1-32H. The van der Waals surface area contributed by atoms with E-state index in [1.807, 2.05) is 12.1 Å². The third-order valence-electron chi connectivity index (χ3n) is 9.97. The van der Waals surface area contributed by atoms with Gasteiger partial charge in [0.25, 0.3) is 0 Å². The zero-order valence-corrected chi connectivity index (χ0v) is 27.8. The Bertz CT molecular complexity index is 2810. The van der Waals surface area contributed by atoms with Crippen molar-refractivity contribution in [3.63, 3.8) is 0 Å². The highest BCUT2D eigenvalue weighted by Crippen LogP contribution is 2.41. The van der Waals surface area contributed by atoms with Crippen molar-refractivity contribution in [2.45, 2.75) is 0 Å². The molecular weight excluding hydrogens is 621 g/mol. The first-order valence-corrected chi connectivity index (χ1v) is 17.3. The average molecular weight is 653 g/mol. The Morgan fingerprint density at radius 1 is 0.333 bits per heavy atom. The first-order chi connectivity index (χ1) is 25.3. The maximum atomic E-state index is 6.22. The van der Waals surface area contributed by atoms with Crippen molar-refractivity contribution in [2.24, 2.45) is 0 Å². The van der Waals surface area contributed by atoms with Crippen molar-refractivity contribution in [2.75, 3.05) is 4.90 Å². The van der Waals surface area contributed by atoms with Gasteiger partial charge in [0.1, 0.15) is 11.2 Å². The molecule has 240 valence electrons. The molecule has 0 saturated heterocycles. The smallest absolute Gasteiger partial charge is 0.135 e. The van der Waals surface area contributed by atoms with E-state index in [1.165, 1.54) is 32.9 Å². The van der Waals surface area contributed by atoms with Crippen LogP contribution in [0.5, 0.6) is 0 Å². The van der Waals surface area contributed by atoms with Crippen LogP contribution < -0.4 is 4.90 Å². The maximum absolute atomic E-state index is 6.22. The lowest BCUT2D eigenvalue weighted by molar-refractivity contribution is 0.669. The summed E-state index contributed by atoms with van der Waals surface area (Å²) >= 11 is 0. The van der Waals surface area contributed by atoms with Crippen molar-refractivity contribution in [1.82, 2.24) is 4.57 Å². The van der Waals surface area contributed by atoms with Gasteiger partial charge in [-0.3, -0.25) is 0 Å². The van der Waals surface area contributed by atoms with E-state index in [2.05, 4.69) is 191 Å². The summed E-state index contributed by atoms with van der Waals surface area (Å²) in [4.78, 5) is 2.34. The SMILES string of the molecule is c1ccc(-c2ccc(N(c3cccc(-c4cccc(-n5c6ccccc6c6ccccc65)c4)c3)c3ccc4oc5ccccc5c4c3)cc2)cc1. The molecule has 0 aliphatic rings. The minimum Gasteiger partial charge on any atom is -0.456 e. The van der Waals surface area contributed by atoms with E-state index in [9.17, 15) is 0 Å². The van der Waals surface area contributed by atoms with E-state index in [0.29, 0.717) is 0 Å². The van der Waals surface area contributed by atoms with Crippen molar-refractivity contribution >= 4 is 60.8 Å². The molecule has 0 aliphatic carbocycles. The van der Waals surface area contributed by atoms with Crippen LogP contribution in [-0.4, -0.2) is 4.57 Å². The number of hydrogen-bond acceptors (Lipinski definition) is 2. The van der Waals surface area contributed by atoms with Crippen LogP contribution in [0.1, 0.15) is 0 Å². The van der Waals surface area contributed by atoms with E-state index in [1.54, 1.807) is 0 Å². The molecule has 0 saturated carbocycles. The van der Waals surface area contributed by atoms with Gasteiger partial charge in [0.15, 0.2) is 0 Å². The van der Waals surface area contributed by atoms with E-state index in [0.717, 1.165) is 55.8 Å². The molecule has 3 nitrogen and oxygen atoms in total. The zero-order chi connectivity index (χ0) is 33.7. The van der Waals surface area contributed by atoms with Crippen LogP contribution in [0.4, 0.5) is 17.1 Å². The summed E-state index contributed by atoms with van der Waals surface area (Å²) in [6.07, 6.45) is 0. The second-order valence-corrected chi connectivity index (χ2v) is 13.0. The summed E-state index contributed by atoms with van der Waals surface area (Å²) in [5.41, 5.74) is 13.3. The van der Waals surface area contributed by atoms with E-state index in [-0.39, 0.29) is 0 Å². The lowest BCUT2D eigenvalue weighted by atomic mass is 10.0. The highest BCUT2D eigenvalue weighted by Gasteiger charge is 2.17. The Balaban J connectivity index is 1.11. The number of aromatic nitrogens is 1. The number of anilines is 3. The van der Waals surface area contributed by atoms with E-state index in [4.69, 9.17) is 4.42 Å². The van der Waals surface area contributed by atoms with Gasteiger partial charge in [-0.05, 0) is 95.1 Å². The normalized spacial score (nSPS) is 11.5. The predicted octanol–water partition coefficient (Wildman–Crippen LogP) is 13.5. The molecule has 0 N–H and O–H groups in total. The molecule has 0 amide bonds. The molecule has 2 aromatic heterocycles. The van der Waals surface area contributed by atoms with Gasteiger partial charge in [-0.1, -0.05) is 121 Å². The van der Waals surface area contributed by atoms with E-state index >= 15 is 0 Å². The number of hydrogen-bond donors (Lipinski definition) is 0. The van der Waals surface area contributed by atoms with Crippen LogP contribution in [0.25, 0.3) is 71.7 Å². The van der Waals surface area contributed by atoms with Crippen LogP contribution in [0.2, 0.25) is 0 Å². The topological polar surface area (TPSA) is 21.3 Å². The number of fused-ring (bicyclic) bond motifs is 6. The molecule has 51 heavy (non-hydrogen) atoms. The second-order valence-electron chi connectivity index (χ2n) is 13.0. The molecular formula is C48H32N2O. The fourth-order valence-electron chi connectivity index (χ4n) is 7.58. The molecule has 8 aromatic carbocycles. The molecule has 2 heterocycles. The Hall–Kier alpha value is -6.84. The summed E-state index contributed by atoms with van der Waals surface area (Å²) in [6, 6.07) is 69.2. The lowest BCUT2D eigenvalue weighted by Crippen LogP contribution is -2.10. The Kier molecular flexibility index (Phi) is 6.81. The highest BCUT2D eigenvalue weighted by molar-refractivity contribution is 6.09. The number of rotatable bonds is 6. The van der Waals surface area contributed by atoms with Gasteiger partial charge in [-0.25, -0.2) is 0 Å². The number of benzene rings is 8. The maximum Gasteiger partial charge on any atom is 0.135 e. The van der Waals surface area contributed by atoms with Crippen molar-refractivity contribution in [3.8, 4) is 27.9 Å². The summed E-state index contributed by atoms with van der Waals surface area (Å²) in [6.45, 7) is 0. The van der Waals surface area contributed by atoms with E-state index < -0.39 is 0 Å². The number of furan rings is 1. The van der Waals surface area contributed by atoms with Crippen LogP contribution in [0.15, 0.2) is 199 Å². The third-order valence-corrected chi connectivity index (χ3v) is 9.97. The summed E-state index contributed by atoms with van der Waals surface area (Å²) < 4.78 is 8.59. The fourth-order valence-corrected chi connectivity index (χ4v) is 7.58. The monoisotopic (exact) mass is 652 g/mol. The highest BCUT2D eigenvalue weighted by atomic mass is 16.3. The van der Waals surface area contributed by atoms with Gasteiger partial charge in [-0.15, -0.1) is 0 Å². The first kappa shape index (κ1) is 29.1. The molecule has 0 spiro atoms. The van der Waals surface area contributed by atoms with Gasteiger partial charge >= 0.3 is 0 Å². The molecule has 10 aromatic rings. The Labute approximate surface area is 295 Å². The minimum atomic E-state index is 0.884. The Morgan fingerprint density at radius 2 is 0.882 bits per heavy atom. The van der Waals surface area contributed by atoms with Crippen molar-refractivity contribution in [3.05, 3.63) is 194 Å². The number of para-hydroxylation sites is 3. The van der Waals surface area contributed by atoms with Crippen LogP contribution >= 0.6 is 0 Å². The average Bonchev–Trinajstić information content (AvgIpc) is 3.74. The molecule has 3 heteroatoms. The molecule has 0 radical (unpaired) electrons. The van der Waals surface area contributed by atoms with Crippen LogP contribution in [0, 0.1) is 0 Å². The van der Waals surface area contributed by atoms with Crippen LogP contribution in [0.3, 0.4) is 0 Å². The zero-order valence-electron chi connectivity index (χ0n) is 27.8. The van der Waals surface area contributed by atoms with Gasteiger partial charge < -0.3 is 13.9 Å². The summed E-state index contributed by atoms with van der Waals surface area (Å²) in [7, 11) is 0.